The minimum atomic E-state index is -3.47. The van der Waals surface area contributed by atoms with Crippen LogP contribution >= 0.6 is 0 Å². The van der Waals surface area contributed by atoms with Gasteiger partial charge in [-0.15, -0.1) is 0 Å². The number of hydrogen-bond donors (Lipinski definition) is 1. The van der Waals surface area contributed by atoms with E-state index in [2.05, 4.69) is 5.32 Å². The van der Waals surface area contributed by atoms with Gasteiger partial charge < -0.3 is 10.1 Å². The van der Waals surface area contributed by atoms with E-state index in [1.165, 1.54) is 7.11 Å². The summed E-state index contributed by atoms with van der Waals surface area (Å²) in [5.74, 6) is 1.31. The van der Waals surface area contributed by atoms with Gasteiger partial charge in [0.25, 0.3) is 0 Å². The van der Waals surface area contributed by atoms with E-state index in [9.17, 15) is 8.42 Å². The Morgan fingerprint density at radius 1 is 1.25 bits per heavy atom. The summed E-state index contributed by atoms with van der Waals surface area (Å²) in [7, 11) is -1.96. The molecule has 5 nitrogen and oxygen atoms in total. The van der Waals surface area contributed by atoms with Crippen LogP contribution in [-0.4, -0.2) is 46.0 Å². The van der Waals surface area contributed by atoms with E-state index in [4.69, 9.17) is 4.74 Å². The van der Waals surface area contributed by atoms with E-state index in [-0.39, 0.29) is 4.90 Å². The van der Waals surface area contributed by atoms with Gasteiger partial charge in [0.1, 0.15) is 10.6 Å². The summed E-state index contributed by atoms with van der Waals surface area (Å²) in [5.41, 5.74) is 0.922. The smallest absolute Gasteiger partial charge is 0.246 e. The van der Waals surface area contributed by atoms with Crippen molar-refractivity contribution in [3.05, 3.63) is 23.8 Å². The molecular formula is C14H20N2O3S. The quantitative estimate of drug-likeness (QED) is 0.898. The molecule has 1 N–H and O–H groups in total. The van der Waals surface area contributed by atoms with Crippen molar-refractivity contribution in [2.24, 2.45) is 11.8 Å². The van der Waals surface area contributed by atoms with Crippen molar-refractivity contribution in [3.63, 3.8) is 0 Å². The molecule has 2 aliphatic heterocycles. The lowest BCUT2D eigenvalue weighted by Crippen LogP contribution is -2.32. The molecule has 3 rings (SSSR count). The van der Waals surface area contributed by atoms with Gasteiger partial charge in [0.15, 0.2) is 0 Å². The summed E-state index contributed by atoms with van der Waals surface area (Å²) >= 11 is 0. The highest BCUT2D eigenvalue weighted by molar-refractivity contribution is 7.89. The number of rotatable bonds is 3. The number of nitrogens with one attached hydrogen (secondary N) is 1. The van der Waals surface area contributed by atoms with E-state index < -0.39 is 10.0 Å². The van der Waals surface area contributed by atoms with Gasteiger partial charge in [-0.3, -0.25) is 0 Å². The van der Waals surface area contributed by atoms with Crippen molar-refractivity contribution in [1.29, 1.82) is 0 Å². The Kier molecular flexibility index (Phi) is 3.48. The molecule has 0 amide bonds. The second-order valence-corrected chi connectivity index (χ2v) is 7.56. The molecule has 2 heterocycles. The number of sulfonamides is 1. The molecule has 0 aromatic heterocycles. The molecule has 2 atom stereocenters. The zero-order chi connectivity index (χ0) is 14.3. The van der Waals surface area contributed by atoms with E-state index in [1.54, 1.807) is 16.4 Å². The number of methoxy groups -OCH3 is 1. The lowest BCUT2D eigenvalue weighted by atomic mass is 10.0. The zero-order valence-corrected chi connectivity index (χ0v) is 12.6. The predicted molar refractivity (Wildman–Crippen MR) is 76.3 cm³/mol. The first-order chi connectivity index (χ1) is 9.52. The fourth-order valence-electron chi connectivity index (χ4n) is 3.13. The molecule has 1 aromatic carbocycles. The molecule has 0 radical (unpaired) electrons. The van der Waals surface area contributed by atoms with Crippen LogP contribution in [0.5, 0.6) is 5.75 Å². The zero-order valence-electron chi connectivity index (χ0n) is 11.8. The number of aryl methyl sites for hydroxylation is 1. The average molecular weight is 296 g/mol. The van der Waals surface area contributed by atoms with Crippen LogP contribution in [0.2, 0.25) is 0 Å². The lowest BCUT2D eigenvalue weighted by molar-refractivity contribution is 0.396. The number of benzene rings is 1. The van der Waals surface area contributed by atoms with Crippen LogP contribution in [0.25, 0.3) is 0 Å². The molecule has 2 aliphatic rings. The van der Waals surface area contributed by atoms with Gasteiger partial charge >= 0.3 is 0 Å². The standard InChI is InChI=1S/C14H20N2O3S/c1-10-3-4-13(19-2)14(5-10)20(17,18)16-8-11-6-15-7-12(11)9-16/h3-5,11-12,15H,6-9H2,1-2H3/t11-,12+. The van der Waals surface area contributed by atoms with Crippen LogP contribution in [-0.2, 0) is 10.0 Å². The summed E-state index contributed by atoms with van der Waals surface area (Å²) in [6.45, 7) is 4.94. The van der Waals surface area contributed by atoms with Gasteiger partial charge in [0.05, 0.1) is 7.11 Å². The van der Waals surface area contributed by atoms with Crippen molar-refractivity contribution < 1.29 is 13.2 Å². The normalized spacial score (nSPS) is 26.7. The average Bonchev–Trinajstić information content (AvgIpc) is 2.99. The summed E-state index contributed by atoms with van der Waals surface area (Å²) in [6.07, 6.45) is 0. The highest BCUT2D eigenvalue weighted by atomic mass is 32.2. The van der Waals surface area contributed by atoms with Gasteiger partial charge in [0.2, 0.25) is 10.0 Å². The van der Waals surface area contributed by atoms with Gasteiger partial charge in [-0.25, -0.2) is 8.42 Å². The highest BCUT2D eigenvalue weighted by Gasteiger charge is 2.42. The molecule has 20 heavy (non-hydrogen) atoms. The monoisotopic (exact) mass is 296 g/mol. The van der Waals surface area contributed by atoms with Crippen molar-refractivity contribution in [3.8, 4) is 5.75 Å². The molecule has 0 saturated carbocycles. The Balaban J connectivity index is 1.94. The Morgan fingerprint density at radius 3 is 2.50 bits per heavy atom. The topological polar surface area (TPSA) is 58.6 Å². The van der Waals surface area contributed by atoms with Crippen molar-refractivity contribution in [2.75, 3.05) is 33.3 Å². The molecule has 110 valence electrons. The third-order valence-electron chi connectivity index (χ3n) is 4.29. The summed E-state index contributed by atoms with van der Waals surface area (Å²) < 4.78 is 32.5. The Bertz CT molecular complexity index is 603. The maximum atomic E-state index is 12.8. The SMILES string of the molecule is COc1ccc(C)cc1S(=O)(=O)N1C[C@H]2CNC[C@H]2C1. The number of fused-ring (bicyclic) bond motifs is 1. The summed E-state index contributed by atoms with van der Waals surface area (Å²) in [4.78, 5) is 0.285. The molecule has 0 unspecified atom stereocenters. The second-order valence-electron chi connectivity index (χ2n) is 5.65. The molecular weight excluding hydrogens is 276 g/mol. The molecule has 0 bridgehead atoms. The first kappa shape index (κ1) is 13.9. The first-order valence-electron chi connectivity index (χ1n) is 6.88. The molecule has 0 spiro atoms. The van der Waals surface area contributed by atoms with E-state index in [1.807, 2.05) is 13.0 Å². The molecule has 1 aromatic rings. The van der Waals surface area contributed by atoms with Gasteiger partial charge in [-0.05, 0) is 49.5 Å². The van der Waals surface area contributed by atoms with Crippen LogP contribution < -0.4 is 10.1 Å². The third kappa shape index (κ3) is 2.21. The van der Waals surface area contributed by atoms with E-state index >= 15 is 0 Å². The van der Waals surface area contributed by atoms with Crippen LogP contribution in [0.15, 0.2) is 23.1 Å². The van der Waals surface area contributed by atoms with Crippen LogP contribution in [0, 0.1) is 18.8 Å². The second kappa shape index (κ2) is 5.02. The Labute approximate surface area is 120 Å². The number of hydrogen-bond acceptors (Lipinski definition) is 4. The van der Waals surface area contributed by atoms with Crippen LogP contribution in [0.3, 0.4) is 0 Å². The fraction of sp³-hybridized carbons (Fsp3) is 0.571. The van der Waals surface area contributed by atoms with Crippen molar-refractivity contribution >= 4 is 10.0 Å². The highest BCUT2D eigenvalue weighted by Crippen LogP contribution is 2.34. The van der Waals surface area contributed by atoms with Gasteiger partial charge in [-0.2, -0.15) is 4.31 Å². The fourth-order valence-corrected chi connectivity index (χ4v) is 4.93. The summed E-state index contributed by atoms with van der Waals surface area (Å²) in [6, 6.07) is 5.28. The van der Waals surface area contributed by atoms with Crippen molar-refractivity contribution in [1.82, 2.24) is 9.62 Å². The molecule has 2 fully saturated rings. The molecule has 0 aliphatic carbocycles. The summed E-state index contributed by atoms with van der Waals surface area (Å²) in [5, 5.41) is 3.32. The van der Waals surface area contributed by atoms with Gasteiger partial charge in [0, 0.05) is 13.1 Å². The van der Waals surface area contributed by atoms with Crippen LogP contribution in [0.4, 0.5) is 0 Å². The Hall–Kier alpha value is -1.11. The third-order valence-corrected chi connectivity index (χ3v) is 6.15. The maximum absolute atomic E-state index is 12.8. The minimum Gasteiger partial charge on any atom is -0.495 e. The molecule has 6 heteroatoms. The Morgan fingerprint density at radius 2 is 1.90 bits per heavy atom. The van der Waals surface area contributed by atoms with Crippen LogP contribution in [0.1, 0.15) is 5.56 Å². The first-order valence-corrected chi connectivity index (χ1v) is 8.32. The van der Waals surface area contributed by atoms with E-state index in [0.29, 0.717) is 30.7 Å². The minimum absolute atomic E-state index is 0.285. The molecule has 2 saturated heterocycles. The van der Waals surface area contributed by atoms with Crippen molar-refractivity contribution in [2.45, 2.75) is 11.8 Å². The predicted octanol–water partition coefficient (Wildman–Crippen LogP) is 0.844. The number of nitrogens with zero attached hydrogens (tertiary/aromatic N) is 1. The van der Waals surface area contributed by atoms with Gasteiger partial charge in [-0.1, -0.05) is 6.07 Å². The largest absolute Gasteiger partial charge is 0.495 e. The van der Waals surface area contributed by atoms with E-state index in [0.717, 1.165) is 18.7 Å². The maximum Gasteiger partial charge on any atom is 0.246 e. The number of ether oxygens (including phenoxy) is 1. The lowest BCUT2D eigenvalue weighted by Gasteiger charge is -2.19.